The van der Waals surface area contributed by atoms with Gasteiger partial charge in [-0.1, -0.05) is 0 Å². The fraction of sp³-hybridized carbons (Fsp3) is 0.312. The van der Waals surface area contributed by atoms with Crippen LogP contribution < -0.4 is 4.90 Å². The molecule has 0 atom stereocenters. The van der Waals surface area contributed by atoms with Gasteiger partial charge < -0.3 is 9.64 Å². The highest BCUT2D eigenvalue weighted by atomic mass is 19.4. The standard InChI is InChI=1S/C16H17F3N6O/c1-3-25(4-2)12-6-7-13(23-24-15-20-8-5-9-21-15)14(10-12)22-11-26-16(17,18)19/h5-11H,3-4H2,1-2H3. The number of ether oxygens (including phenoxy) is 1. The molecular formula is C16H17F3N6O. The van der Waals surface area contributed by atoms with Crippen LogP contribution in [0.4, 0.5) is 36.2 Å². The van der Waals surface area contributed by atoms with E-state index in [0.29, 0.717) is 6.40 Å². The smallest absolute Gasteiger partial charge is 0.395 e. The number of hydrogen-bond donors (Lipinski definition) is 0. The van der Waals surface area contributed by atoms with Crippen molar-refractivity contribution >= 4 is 29.4 Å². The Morgan fingerprint density at radius 2 is 1.77 bits per heavy atom. The monoisotopic (exact) mass is 366 g/mol. The number of hydrogen-bond acceptors (Lipinski definition) is 7. The average Bonchev–Trinajstić information content (AvgIpc) is 2.62. The van der Waals surface area contributed by atoms with Crippen LogP contribution in [0.3, 0.4) is 0 Å². The van der Waals surface area contributed by atoms with Crippen LogP contribution in [0, 0.1) is 0 Å². The zero-order valence-corrected chi connectivity index (χ0v) is 14.2. The van der Waals surface area contributed by atoms with E-state index in [1.165, 1.54) is 12.4 Å². The van der Waals surface area contributed by atoms with Crippen molar-refractivity contribution in [3.05, 3.63) is 36.7 Å². The predicted octanol–water partition coefficient (Wildman–Crippen LogP) is 4.93. The van der Waals surface area contributed by atoms with Crippen molar-refractivity contribution in [1.29, 1.82) is 0 Å². The highest BCUT2D eigenvalue weighted by molar-refractivity contribution is 5.72. The van der Waals surface area contributed by atoms with Crippen molar-refractivity contribution in [2.24, 2.45) is 15.2 Å². The van der Waals surface area contributed by atoms with Crippen molar-refractivity contribution < 1.29 is 17.9 Å². The van der Waals surface area contributed by atoms with Crippen LogP contribution in [-0.4, -0.2) is 35.8 Å². The summed E-state index contributed by atoms with van der Waals surface area (Å²) in [5.74, 6) is 0.127. The summed E-state index contributed by atoms with van der Waals surface area (Å²) in [5, 5.41) is 7.84. The number of azo groups is 1. The molecule has 1 aromatic carbocycles. The summed E-state index contributed by atoms with van der Waals surface area (Å²) in [4.78, 5) is 13.5. The molecule has 0 aliphatic rings. The molecule has 0 radical (unpaired) electrons. The second-order valence-corrected chi connectivity index (χ2v) is 4.89. The van der Waals surface area contributed by atoms with Gasteiger partial charge in [-0.25, -0.2) is 15.0 Å². The van der Waals surface area contributed by atoms with E-state index in [1.54, 1.807) is 24.3 Å². The van der Waals surface area contributed by atoms with E-state index in [1.807, 2.05) is 18.7 Å². The van der Waals surface area contributed by atoms with Crippen LogP contribution in [0.5, 0.6) is 0 Å². The van der Waals surface area contributed by atoms with Gasteiger partial charge in [0, 0.05) is 31.2 Å². The van der Waals surface area contributed by atoms with E-state index in [4.69, 9.17) is 0 Å². The molecule has 0 saturated carbocycles. The van der Waals surface area contributed by atoms with E-state index >= 15 is 0 Å². The van der Waals surface area contributed by atoms with E-state index in [2.05, 4.69) is 29.9 Å². The lowest BCUT2D eigenvalue weighted by Gasteiger charge is -2.21. The van der Waals surface area contributed by atoms with Crippen LogP contribution >= 0.6 is 0 Å². The number of aliphatic imine (C=N–C) groups is 1. The van der Waals surface area contributed by atoms with Gasteiger partial charge in [0.15, 0.2) is 6.40 Å². The lowest BCUT2D eigenvalue weighted by atomic mass is 10.2. The molecule has 0 fully saturated rings. The summed E-state index contributed by atoms with van der Waals surface area (Å²) in [6.07, 6.45) is -1.47. The number of nitrogens with zero attached hydrogens (tertiary/aromatic N) is 6. The topological polar surface area (TPSA) is 75.3 Å². The third kappa shape index (κ3) is 5.80. The highest BCUT2D eigenvalue weighted by Crippen LogP contribution is 2.33. The third-order valence-corrected chi connectivity index (χ3v) is 3.27. The fourth-order valence-corrected chi connectivity index (χ4v) is 2.07. The van der Waals surface area contributed by atoms with E-state index in [-0.39, 0.29) is 17.3 Å². The molecule has 0 aliphatic heterocycles. The first-order valence-electron chi connectivity index (χ1n) is 7.77. The van der Waals surface area contributed by atoms with Gasteiger partial charge in [-0.15, -0.1) is 23.4 Å². The second-order valence-electron chi connectivity index (χ2n) is 4.89. The van der Waals surface area contributed by atoms with Crippen LogP contribution in [-0.2, 0) is 4.74 Å². The molecule has 138 valence electrons. The van der Waals surface area contributed by atoms with Crippen molar-refractivity contribution in [1.82, 2.24) is 9.97 Å². The molecule has 1 heterocycles. The van der Waals surface area contributed by atoms with Gasteiger partial charge in [-0.3, -0.25) is 0 Å². The molecule has 0 amide bonds. The molecule has 10 heteroatoms. The van der Waals surface area contributed by atoms with E-state index in [0.717, 1.165) is 18.8 Å². The number of anilines is 1. The van der Waals surface area contributed by atoms with Gasteiger partial charge >= 0.3 is 6.36 Å². The Labute approximate surface area is 148 Å². The van der Waals surface area contributed by atoms with Crippen molar-refractivity contribution in [2.75, 3.05) is 18.0 Å². The molecule has 0 saturated heterocycles. The summed E-state index contributed by atoms with van der Waals surface area (Å²) >= 11 is 0. The first-order chi connectivity index (χ1) is 12.4. The molecule has 2 aromatic rings. The van der Waals surface area contributed by atoms with Crippen molar-refractivity contribution in [3.8, 4) is 0 Å². The quantitative estimate of drug-likeness (QED) is 0.395. The fourth-order valence-electron chi connectivity index (χ4n) is 2.07. The average molecular weight is 366 g/mol. The SMILES string of the molecule is CCN(CC)c1ccc(N=Nc2ncccn2)c(N=COC(F)(F)F)c1. The van der Waals surface area contributed by atoms with E-state index in [9.17, 15) is 13.2 Å². The molecule has 0 aliphatic carbocycles. The van der Waals surface area contributed by atoms with Gasteiger partial charge in [0.1, 0.15) is 5.69 Å². The molecule has 1 aromatic heterocycles. The maximum Gasteiger partial charge on any atom is 0.573 e. The highest BCUT2D eigenvalue weighted by Gasteiger charge is 2.29. The predicted molar refractivity (Wildman–Crippen MR) is 91.5 cm³/mol. The zero-order chi connectivity index (χ0) is 19.0. The third-order valence-electron chi connectivity index (χ3n) is 3.27. The Morgan fingerprint density at radius 1 is 1.08 bits per heavy atom. The summed E-state index contributed by atoms with van der Waals surface area (Å²) in [6.45, 7) is 5.41. The molecule has 7 nitrogen and oxygen atoms in total. The van der Waals surface area contributed by atoms with Gasteiger partial charge in [-0.05, 0) is 38.1 Å². The largest absolute Gasteiger partial charge is 0.573 e. The van der Waals surface area contributed by atoms with Gasteiger partial charge in [-0.2, -0.15) is 0 Å². The molecule has 0 bridgehead atoms. The Kier molecular flexibility index (Phi) is 6.59. The summed E-state index contributed by atoms with van der Waals surface area (Å²) in [6, 6.07) is 6.64. The Bertz CT molecular complexity index is 760. The zero-order valence-electron chi connectivity index (χ0n) is 14.2. The maximum atomic E-state index is 12.2. The Hall–Kier alpha value is -3.04. The van der Waals surface area contributed by atoms with E-state index < -0.39 is 6.36 Å². The number of halogens is 3. The minimum atomic E-state index is -4.81. The minimum absolute atomic E-state index is 0.127. The van der Waals surface area contributed by atoms with Gasteiger partial charge in [0.2, 0.25) is 0 Å². The Balaban J connectivity index is 2.34. The number of aromatic nitrogens is 2. The Morgan fingerprint density at radius 3 is 2.38 bits per heavy atom. The lowest BCUT2D eigenvalue weighted by molar-refractivity contribution is -0.280. The normalized spacial score (nSPS) is 12.0. The summed E-state index contributed by atoms with van der Waals surface area (Å²) in [5.41, 5.74) is 1.23. The molecule has 0 spiro atoms. The first kappa shape index (κ1) is 19.3. The molecule has 0 unspecified atom stereocenters. The lowest BCUT2D eigenvalue weighted by Crippen LogP contribution is -2.21. The molecule has 0 N–H and O–H groups in total. The second kappa shape index (κ2) is 8.88. The van der Waals surface area contributed by atoms with Crippen molar-refractivity contribution in [3.63, 3.8) is 0 Å². The minimum Gasteiger partial charge on any atom is -0.395 e. The van der Waals surface area contributed by atoms with Crippen LogP contribution in [0.1, 0.15) is 13.8 Å². The first-order valence-corrected chi connectivity index (χ1v) is 7.77. The van der Waals surface area contributed by atoms with Crippen LogP contribution in [0.15, 0.2) is 51.9 Å². The van der Waals surface area contributed by atoms with Crippen LogP contribution in [0.2, 0.25) is 0 Å². The molecule has 26 heavy (non-hydrogen) atoms. The number of benzene rings is 1. The molecular weight excluding hydrogens is 349 g/mol. The number of rotatable bonds is 7. The van der Waals surface area contributed by atoms with Crippen LogP contribution in [0.25, 0.3) is 0 Å². The van der Waals surface area contributed by atoms with Gasteiger partial charge in [0.05, 0.1) is 5.69 Å². The summed E-state index contributed by atoms with van der Waals surface area (Å²) in [7, 11) is 0. The number of alkyl halides is 3. The summed E-state index contributed by atoms with van der Waals surface area (Å²) < 4.78 is 40.1. The maximum absolute atomic E-state index is 12.2. The van der Waals surface area contributed by atoms with Crippen molar-refractivity contribution in [2.45, 2.75) is 20.2 Å². The van der Waals surface area contributed by atoms with Gasteiger partial charge in [0.25, 0.3) is 5.95 Å². The molecule has 2 rings (SSSR count).